The Hall–Kier alpha value is -2.64. The standard InChI is InChI=1S/C27H36N2O5/c1-2-3-4-5-14-23(31)29(18-10-6-7-11-18)21-17-20(27(33)28-15-16-30)24-19-12-8-9-13-22(19)34-26(24)25(21)32/h2,8-9,12-13,17-18,21,24-26,30,32H,1,3-7,10-11,14-16H2,(H,28,33). The molecule has 7 heteroatoms. The Morgan fingerprint density at radius 1 is 1.21 bits per heavy atom. The summed E-state index contributed by atoms with van der Waals surface area (Å²) in [4.78, 5) is 28.5. The third kappa shape index (κ3) is 4.91. The van der Waals surface area contributed by atoms with E-state index in [0.29, 0.717) is 17.7 Å². The summed E-state index contributed by atoms with van der Waals surface area (Å²) in [5.74, 6) is -0.0538. The van der Waals surface area contributed by atoms with E-state index in [1.807, 2.05) is 35.2 Å². The van der Waals surface area contributed by atoms with Crippen LogP contribution in [0.5, 0.6) is 5.75 Å². The van der Waals surface area contributed by atoms with E-state index < -0.39 is 24.2 Å². The molecule has 1 fully saturated rings. The molecule has 3 aliphatic rings. The summed E-state index contributed by atoms with van der Waals surface area (Å²) in [6.45, 7) is 3.72. The summed E-state index contributed by atoms with van der Waals surface area (Å²) in [7, 11) is 0. The number of aliphatic hydroxyl groups excluding tert-OH is 2. The van der Waals surface area contributed by atoms with Crippen LogP contribution in [0, 0.1) is 0 Å². The molecule has 0 bridgehead atoms. The van der Waals surface area contributed by atoms with Gasteiger partial charge in [0.05, 0.1) is 18.6 Å². The summed E-state index contributed by atoms with van der Waals surface area (Å²) in [6, 6.07) is 6.93. The lowest BCUT2D eigenvalue weighted by Crippen LogP contribution is -2.58. The van der Waals surface area contributed by atoms with Crippen LogP contribution in [0.2, 0.25) is 0 Å². The number of aliphatic hydroxyl groups is 2. The van der Waals surface area contributed by atoms with Crippen molar-refractivity contribution in [1.82, 2.24) is 10.2 Å². The van der Waals surface area contributed by atoms with Crippen molar-refractivity contribution in [1.29, 1.82) is 0 Å². The molecule has 0 aromatic heterocycles. The van der Waals surface area contributed by atoms with Crippen LogP contribution >= 0.6 is 0 Å². The highest BCUT2D eigenvalue weighted by Crippen LogP contribution is 2.47. The van der Waals surface area contributed by atoms with Crippen molar-refractivity contribution in [3.05, 3.63) is 54.1 Å². The zero-order chi connectivity index (χ0) is 24.1. The number of carbonyl (C=O) groups is 2. The molecule has 1 aromatic rings. The number of para-hydroxylation sites is 1. The molecule has 4 unspecified atom stereocenters. The number of ether oxygens (including phenoxy) is 1. The van der Waals surface area contributed by atoms with Crippen molar-refractivity contribution in [2.45, 2.75) is 81.6 Å². The average Bonchev–Trinajstić information content (AvgIpc) is 3.50. The minimum absolute atomic E-state index is 0.0142. The fraction of sp³-hybridized carbons (Fsp3) is 0.556. The molecule has 1 heterocycles. The number of unbranched alkanes of at least 4 members (excludes halogenated alkanes) is 2. The maximum Gasteiger partial charge on any atom is 0.247 e. The summed E-state index contributed by atoms with van der Waals surface area (Å²) in [5.41, 5.74) is 1.35. The van der Waals surface area contributed by atoms with Gasteiger partial charge in [0.1, 0.15) is 18.0 Å². The lowest BCUT2D eigenvalue weighted by molar-refractivity contribution is -0.140. The molecule has 0 radical (unpaired) electrons. The van der Waals surface area contributed by atoms with E-state index in [1.165, 1.54) is 0 Å². The lowest BCUT2D eigenvalue weighted by Gasteiger charge is -2.43. The van der Waals surface area contributed by atoms with E-state index in [2.05, 4.69) is 11.9 Å². The van der Waals surface area contributed by atoms with Gasteiger partial charge in [-0.1, -0.05) is 37.1 Å². The molecule has 0 saturated heterocycles. The number of benzene rings is 1. The highest BCUT2D eigenvalue weighted by Gasteiger charge is 2.51. The van der Waals surface area contributed by atoms with Crippen LogP contribution in [-0.4, -0.2) is 64.4 Å². The number of carbonyl (C=O) groups excluding carboxylic acids is 2. The van der Waals surface area contributed by atoms with Gasteiger partial charge in [-0.2, -0.15) is 0 Å². The van der Waals surface area contributed by atoms with Crippen LogP contribution in [0.3, 0.4) is 0 Å². The van der Waals surface area contributed by atoms with Crippen molar-refractivity contribution in [3.63, 3.8) is 0 Å². The highest BCUT2D eigenvalue weighted by atomic mass is 16.5. The summed E-state index contributed by atoms with van der Waals surface area (Å²) in [6.07, 6.45) is 8.87. The largest absolute Gasteiger partial charge is 0.486 e. The molecule has 2 aliphatic carbocycles. The number of hydrogen-bond acceptors (Lipinski definition) is 5. The second kappa shape index (κ2) is 11.2. The zero-order valence-corrected chi connectivity index (χ0v) is 19.7. The number of nitrogens with zero attached hydrogens (tertiary/aromatic N) is 1. The highest BCUT2D eigenvalue weighted by molar-refractivity contribution is 5.96. The van der Waals surface area contributed by atoms with Crippen molar-refractivity contribution in [3.8, 4) is 5.75 Å². The fourth-order valence-corrected chi connectivity index (χ4v) is 5.65. The Bertz CT molecular complexity index is 923. The van der Waals surface area contributed by atoms with Crippen LogP contribution in [-0.2, 0) is 9.59 Å². The second-order valence-electron chi connectivity index (χ2n) is 9.45. The van der Waals surface area contributed by atoms with Crippen LogP contribution in [0.1, 0.15) is 62.8 Å². The number of hydrogen-bond donors (Lipinski definition) is 3. The van der Waals surface area contributed by atoms with E-state index in [-0.39, 0.29) is 31.0 Å². The van der Waals surface area contributed by atoms with Crippen LogP contribution < -0.4 is 10.1 Å². The zero-order valence-electron chi connectivity index (χ0n) is 19.7. The maximum atomic E-state index is 13.5. The topological polar surface area (TPSA) is 99.1 Å². The molecule has 34 heavy (non-hydrogen) atoms. The molecule has 2 amide bonds. The van der Waals surface area contributed by atoms with E-state index in [1.54, 1.807) is 6.08 Å². The van der Waals surface area contributed by atoms with Gasteiger partial charge in [0.15, 0.2) is 0 Å². The minimum atomic E-state index is -0.954. The first kappa shape index (κ1) is 24.5. The van der Waals surface area contributed by atoms with Crippen molar-refractivity contribution in [2.75, 3.05) is 13.2 Å². The molecular formula is C27H36N2O5. The van der Waals surface area contributed by atoms with Gasteiger partial charge in [0.2, 0.25) is 11.8 Å². The summed E-state index contributed by atoms with van der Waals surface area (Å²) in [5, 5.41) is 23.5. The fourth-order valence-electron chi connectivity index (χ4n) is 5.65. The quantitative estimate of drug-likeness (QED) is 0.362. The number of rotatable bonds is 10. The second-order valence-corrected chi connectivity index (χ2v) is 9.45. The van der Waals surface area contributed by atoms with Gasteiger partial charge in [-0.3, -0.25) is 9.59 Å². The molecule has 0 spiro atoms. The van der Waals surface area contributed by atoms with E-state index >= 15 is 0 Å². The van der Waals surface area contributed by atoms with Gasteiger partial charge in [-0.25, -0.2) is 0 Å². The predicted molar refractivity (Wildman–Crippen MR) is 129 cm³/mol. The van der Waals surface area contributed by atoms with Crippen LogP contribution in [0.4, 0.5) is 0 Å². The molecule has 1 aliphatic heterocycles. The van der Waals surface area contributed by atoms with Crippen molar-refractivity contribution in [2.24, 2.45) is 0 Å². The number of fused-ring (bicyclic) bond motifs is 3. The predicted octanol–water partition coefficient (Wildman–Crippen LogP) is 2.83. The average molecular weight is 469 g/mol. The smallest absolute Gasteiger partial charge is 0.247 e. The normalized spacial score (nSPS) is 25.6. The van der Waals surface area contributed by atoms with E-state index in [0.717, 1.165) is 50.5 Å². The van der Waals surface area contributed by atoms with Gasteiger partial charge in [0.25, 0.3) is 0 Å². The lowest BCUT2D eigenvalue weighted by atomic mass is 9.77. The van der Waals surface area contributed by atoms with E-state index in [4.69, 9.17) is 4.74 Å². The Balaban J connectivity index is 1.68. The Morgan fingerprint density at radius 3 is 2.71 bits per heavy atom. The van der Waals surface area contributed by atoms with Gasteiger partial charge in [-0.05, 0) is 44.2 Å². The van der Waals surface area contributed by atoms with Gasteiger partial charge >= 0.3 is 0 Å². The number of allylic oxidation sites excluding steroid dienone is 1. The third-order valence-electron chi connectivity index (χ3n) is 7.25. The molecular weight excluding hydrogens is 432 g/mol. The van der Waals surface area contributed by atoms with Crippen LogP contribution in [0.25, 0.3) is 0 Å². The Labute approximate surface area is 201 Å². The third-order valence-corrected chi connectivity index (χ3v) is 7.25. The first-order valence-corrected chi connectivity index (χ1v) is 12.5. The first-order valence-electron chi connectivity index (χ1n) is 12.5. The molecule has 184 valence electrons. The van der Waals surface area contributed by atoms with Gasteiger partial charge in [-0.15, -0.1) is 6.58 Å². The molecule has 4 rings (SSSR count). The molecule has 7 nitrogen and oxygen atoms in total. The van der Waals surface area contributed by atoms with Crippen molar-refractivity contribution >= 4 is 11.8 Å². The van der Waals surface area contributed by atoms with Gasteiger partial charge < -0.3 is 25.2 Å². The minimum Gasteiger partial charge on any atom is -0.486 e. The maximum absolute atomic E-state index is 13.5. The van der Waals surface area contributed by atoms with Gasteiger partial charge in [0, 0.05) is 30.1 Å². The Morgan fingerprint density at radius 2 is 1.97 bits per heavy atom. The Kier molecular flexibility index (Phi) is 8.06. The summed E-state index contributed by atoms with van der Waals surface area (Å²) >= 11 is 0. The van der Waals surface area contributed by atoms with Crippen LogP contribution in [0.15, 0.2) is 48.6 Å². The summed E-state index contributed by atoms with van der Waals surface area (Å²) < 4.78 is 6.17. The van der Waals surface area contributed by atoms with Crippen molar-refractivity contribution < 1.29 is 24.5 Å². The van der Waals surface area contributed by atoms with E-state index in [9.17, 15) is 19.8 Å². The molecule has 4 atom stereocenters. The monoisotopic (exact) mass is 468 g/mol. The SMILES string of the molecule is C=CCCCCC(=O)N(C1CCCC1)C1C=C(C(=O)NCCO)C2c3ccccc3OC2C1O. The molecule has 1 saturated carbocycles. The molecule has 1 aromatic carbocycles. The number of amides is 2. The first-order chi connectivity index (χ1) is 16.6. The number of nitrogens with one attached hydrogen (secondary N) is 1. The molecule has 3 N–H and O–H groups in total.